The van der Waals surface area contributed by atoms with Crippen molar-refractivity contribution in [1.82, 2.24) is 19.7 Å². The van der Waals surface area contributed by atoms with Crippen molar-refractivity contribution in [3.05, 3.63) is 126 Å². The Morgan fingerprint density at radius 2 is 1.38 bits per heavy atom. The molecule has 2 aliphatic heterocycles. The highest BCUT2D eigenvalue weighted by molar-refractivity contribution is 5.82. The predicted octanol–water partition coefficient (Wildman–Crippen LogP) is 6.84. The first-order valence-electron chi connectivity index (χ1n) is 14.2. The normalized spacial score (nSPS) is 15.1. The summed E-state index contributed by atoms with van der Waals surface area (Å²) < 4.78 is 7.78. The average Bonchev–Trinajstić information content (AvgIpc) is 3.70. The van der Waals surface area contributed by atoms with Crippen LogP contribution in [-0.4, -0.2) is 45.8 Å². The van der Waals surface area contributed by atoms with Gasteiger partial charge in [-0.25, -0.2) is 0 Å². The Labute approximate surface area is 235 Å². The number of benzene rings is 3. The fraction of sp³-hybridized carbons (Fsp3) is 0.235. The predicted molar refractivity (Wildman–Crippen MR) is 159 cm³/mol. The van der Waals surface area contributed by atoms with Crippen molar-refractivity contribution in [1.29, 1.82) is 0 Å². The summed E-state index contributed by atoms with van der Waals surface area (Å²) in [5, 5.41) is 9.00. The van der Waals surface area contributed by atoms with Gasteiger partial charge < -0.3 is 14.2 Å². The smallest absolute Gasteiger partial charge is 0.204 e. The van der Waals surface area contributed by atoms with Gasteiger partial charge in [-0.05, 0) is 66.8 Å². The van der Waals surface area contributed by atoms with Gasteiger partial charge in [0.05, 0.1) is 24.2 Å². The number of rotatable bonds is 7. The third-order valence-electron chi connectivity index (χ3n) is 8.11. The molecule has 0 radical (unpaired) electrons. The van der Waals surface area contributed by atoms with Gasteiger partial charge >= 0.3 is 0 Å². The molecular weight excluding hydrogens is 494 g/mol. The third-order valence-corrected chi connectivity index (χ3v) is 8.11. The molecule has 200 valence electrons. The largest absolute Gasteiger partial charge is 0.461 e. The molecule has 40 heavy (non-hydrogen) atoms. The van der Waals surface area contributed by atoms with E-state index in [4.69, 9.17) is 4.42 Å². The second-order valence-electron chi connectivity index (χ2n) is 10.6. The highest BCUT2D eigenvalue weighted by Crippen LogP contribution is 2.36. The van der Waals surface area contributed by atoms with Gasteiger partial charge in [0.25, 0.3) is 0 Å². The van der Waals surface area contributed by atoms with Crippen LogP contribution in [0.25, 0.3) is 22.8 Å². The lowest BCUT2D eigenvalue weighted by atomic mass is 9.88. The lowest BCUT2D eigenvalue weighted by Gasteiger charge is -2.33. The summed E-state index contributed by atoms with van der Waals surface area (Å²) in [7, 11) is 0. The number of likely N-dealkylation sites (tertiary alicyclic amines) is 1. The Morgan fingerprint density at radius 1 is 0.700 bits per heavy atom. The van der Waals surface area contributed by atoms with E-state index in [2.05, 4.69) is 109 Å². The summed E-state index contributed by atoms with van der Waals surface area (Å²) in [6, 6.07) is 34.1. The Morgan fingerprint density at radius 3 is 2.05 bits per heavy atom. The summed E-state index contributed by atoms with van der Waals surface area (Å²) in [4.78, 5) is 5.08. The summed E-state index contributed by atoms with van der Waals surface area (Å²) in [5.41, 5.74) is 7.98. The van der Waals surface area contributed by atoms with Crippen molar-refractivity contribution < 1.29 is 4.42 Å². The Kier molecular flexibility index (Phi) is 6.76. The van der Waals surface area contributed by atoms with Gasteiger partial charge in [-0.3, -0.25) is 4.57 Å². The van der Waals surface area contributed by atoms with Crippen LogP contribution in [0.5, 0.6) is 0 Å². The summed E-state index contributed by atoms with van der Waals surface area (Å²) in [5.74, 6) is 2.45. The second kappa shape index (κ2) is 11.0. The average molecular weight is 528 g/mol. The third kappa shape index (κ3) is 4.75. The van der Waals surface area contributed by atoms with Crippen LogP contribution in [-0.2, 0) is 6.54 Å². The van der Waals surface area contributed by atoms with Gasteiger partial charge in [-0.2, -0.15) is 0 Å². The zero-order valence-corrected chi connectivity index (χ0v) is 22.6. The van der Waals surface area contributed by atoms with Gasteiger partial charge in [0.2, 0.25) is 5.82 Å². The van der Waals surface area contributed by atoms with Crippen LogP contribution in [0.3, 0.4) is 0 Å². The lowest BCUT2D eigenvalue weighted by molar-refractivity contribution is 0.254. The number of hydrogen-bond donors (Lipinski definition) is 0. The number of aromatic nitrogens is 3. The van der Waals surface area contributed by atoms with Crippen molar-refractivity contribution in [2.75, 3.05) is 31.1 Å². The standard InChI is InChI=1S/C34H33N5O/c1-3-11-26(12-4-1)33(27-13-5-2-6-14-27)28-18-22-37(23-19-28)20-10-21-38-25-32-35-36-34(31-17-9-24-40-31)39(32)30-16-8-7-15-29(30)38/h1-9,11-17,24H,10,18-23,25H2. The minimum Gasteiger partial charge on any atom is -0.461 e. The molecule has 4 heterocycles. The van der Waals surface area contributed by atoms with E-state index in [1.54, 1.807) is 11.8 Å². The maximum atomic E-state index is 5.64. The molecule has 1 fully saturated rings. The summed E-state index contributed by atoms with van der Waals surface area (Å²) in [6.07, 6.45) is 5.02. The summed E-state index contributed by atoms with van der Waals surface area (Å²) in [6.45, 7) is 5.04. The zero-order chi connectivity index (χ0) is 26.7. The van der Waals surface area contributed by atoms with Crippen molar-refractivity contribution >= 4 is 11.3 Å². The first kappa shape index (κ1) is 24.6. The van der Waals surface area contributed by atoms with Gasteiger partial charge in [0.1, 0.15) is 0 Å². The van der Waals surface area contributed by atoms with Crippen LogP contribution in [0.1, 0.15) is 36.2 Å². The molecule has 0 spiro atoms. The van der Waals surface area contributed by atoms with E-state index in [0.29, 0.717) is 0 Å². The van der Waals surface area contributed by atoms with E-state index < -0.39 is 0 Å². The SMILES string of the molecule is c1ccc(C(=C2CCN(CCCN3Cc4nnc(-c5ccco5)n4-c4ccccc43)CC2)c2ccccc2)cc1. The van der Waals surface area contributed by atoms with E-state index >= 15 is 0 Å². The van der Waals surface area contributed by atoms with E-state index in [1.807, 2.05) is 12.1 Å². The molecule has 0 unspecified atom stereocenters. The molecule has 0 aliphatic carbocycles. The number of piperidine rings is 1. The molecule has 0 bridgehead atoms. The van der Waals surface area contributed by atoms with E-state index in [0.717, 1.165) is 75.1 Å². The number of fused-ring (bicyclic) bond motifs is 3. The van der Waals surface area contributed by atoms with Crippen LogP contribution in [0.4, 0.5) is 5.69 Å². The Bertz CT molecular complexity index is 1550. The van der Waals surface area contributed by atoms with Crippen LogP contribution >= 0.6 is 0 Å². The fourth-order valence-corrected chi connectivity index (χ4v) is 6.18. The van der Waals surface area contributed by atoms with Crippen LogP contribution < -0.4 is 4.90 Å². The van der Waals surface area contributed by atoms with Crippen molar-refractivity contribution in [2.45, 2.75) is 25.8 Å². The van der Waals surface area contributed by atoms with E-state index in [-0.39, 0.29) is 0 Å². The fourth-order valence-electron chi connectivity index (χ4n) is 6.18. The van der Waals surface area contributed by atoms with Crippen molar-refractivity contribution in [3.63, 3.8) is 0 Å². The van der Waals surface area contributed by atoms with Gasteiger partial charge in [0, 0.05) is 19.6 Å². The van der Waals surface area contributed by atoms with Crippen LogP contribution in [0.2, 0.25) is 0 Å². The van der Waals surface area contributed by atoms with Crippen molar-refractivity contribution in [3.8, 4) is 17.3 Å². The first-order chi connectivity index (χ1) is 19.8. The maximum Gasteiger partial charge on any atom is 0.204 e. The molecular formula is C34H33N5O. The summed E-state index contributed by atoms with van der Waals surface area (Å²) >= 11 is 0. The zero-order valence-electron chi connectivity index (χ0n) is 22.6. The topological polar surface area (TPSA) is 50.3 Å². The second-order valence-corrected chi connectivity index (χ2v) is 10.6. The van der Waals surface area contributed by atoms with Gasteiger partial charge in [-0.1, -0.05) is 78.4 Å². The number of nitrogens with zero attached hydrogens (tertiary/aromatic N) is 5. The number of furan rings is 1. The molecule has 7 rings (SSSR count). The molecule has 5 aromatic rings. The molecule has 2 aliphatic rings. The number of para-hydroxylation sites is 2. The van der Waals surface area contributed by atoms with E-state index in [9.17, 15) is 0 Å². The van der Waals surface area contributed by atoms with Gasteiger partial charge in [0.15, 0.2) is 11.6 Å². The molecule has 0 N–H and O–H groups in total. The Balaban J connectivity index is 1.02. The van der Waals surface area contributed by atoms with E-state index in [1.165, 1.54) is 22.4 Å². The minimum atomic E-state index is 0.739. The molecule has 0 saturated carbocycles. The number of hydrogen-bond acceptors (Lipinski definition) is 5. The molecule has 2 aromatic heterocycles. The molecule has 6 nitrogen and oxygen atoms in total. The highest BCUT2D eigenvalue weighted by Gasteiger charge is 2.27. The minimum absolute atomic E-state index is 0.739. The molecule has 0 amide bonds. The molecule has 1 saturated heterocycles. The Hall–Kier alpha value is -4.42. The van der Waals surface area contributed by atoms with Gasteiger partial charge in [-0.15, -0.1) is 10.2 Å². The van der Waals surface area contributed by atoms with Crippen molar-refractivity contribution in [2.24, 2.45) is 0 Å². The molecule has 3 aromatic carbocycles. The molecule has 0 atom stereocenters. The lowest BCUT2D eigenvalue weighted by Crippen LogP contribution is -2.35. The highest BCUT2D eigenvalue weighted by atomic mass is 16.3. The monoisotopic (exact) mass is 527 g/mol. The maximum absolute atomic E-state index is 5.64. The quantitative estimate of drug-likeness (QED) is 0.232. The van der Waals surface area contributed by atoms with Crippen LogP contribution in [0, 0.1) is 0 Å². The number of anilines is 1. The van der Waals surface area contributed by atoms with Crippen LogP contribution in [0.15, 0.2) is 113 Å². The molecule has 6 heteroatoms. The first-order valence-corrected chi connectivity index (χ1v) is 14.2.